The molecule has 0 aliphatic rings. The molecule has 0 atom stereocenters. The van der Waals surface area contributed by atoms with Gasteiger partial charge in [0.15, 0.2) is 0 Å². The summed E-state index contributed by atoms with van der Waals surface area (Å²) >= 11 is 6.25. The number of halogens is 1. The first kappa shape index (κ1) is 18.8. The topological polar surface area (TPSA) is 65.1 Å². The van der Waals surface area contributed by atoms with Crippen molar-refractivity contribution in [1.29, 1.82) is 0 Å². The van der Waals surface area contributed by atoms with Gasteiger partial charge in [-0.05, 0) is 36.8 Å². The molecule has 0 bridgehead atoms. The Morgan fingerprint density at radius 1 is 1.00 bits per heavy atom. The predicted octanol–water partition coefficient (Wildman–Crippen LogP) is 3.82. The summed E-state index contributed by atoms with van der Waals surface area (Å²) in [6.45, 7) is 2.37. The highest BCUT2D eigenvalue weighted by Crippen LogP contribution is 2.20. The highest BCUT2D eigenvalue weighted by atomic mass is 35.5. The van der Waals surface area contributed by atoms with Gasteiger partial charge in [0.05, 0.1) is 10.7 Å². The molecular weight excluding hydrogens is 386 g/mol. The van der Waals surface area contributed by atoms with E-state index in [0.29, 0.717) is 28.6 Å². The molecule has 2 aromatic carbocycles. The molecule has 0 spiro atoms. The van der Waals surface area contributed by atoms with Gasteiger partial charge >= 0.3 is 5.91 Å². The number of carbonyl (C=O) groups is 1. The summed E-state index contributed by atoms with van der Waals surface area (Å²) < 4.78 is 3.46. The minimum Gasteiger partial charge on any atom is -0.328 e. The molecule has 7 heteroatoms. The Bertz CT molecular complexity index is 1230. The van der Waals surface area contributed by atoms with E-state index in [1.807, 2.05) is 71.4 Å². The number of benzene rings is 2. The number of aryl methyl sites for hydroxylation is 1. The molecule has 144 valence electrons. The van der Waals surface area contributed by atoms with Crippen LogP contribution in [0.4, 0.5) is 0 Å². The van der Waals surface area contributed by atoms with Crippen LogP contribution in [0.25, 0.3) is 5.69 Å². The lowest BCUT2D eigenvalue weighted by atomic mass is 10.2. The van der Waals surface area contributed by atoms with Gasteiger partial charge in [0, 0.05) is 12.7 Å². The minimum atomic E-state index is -0.507. The van der Waals surface area contributed by atoms with E-state index >= 15 is 0 Å². The first-order chi connectivity index (χ1) is 14.1. The van der Waals surface area contributed by atoms with Gasteiger partial charge in [-0.25, -0.2) is 9.67 Å². The van der Waals surface area contributed by atoms with Crippen LogP contribution in [0, 0.1) is 6.92 Å². The van der Waals surface area contributed by atoms with Crippen LogP contribution in [0.2, 0.25) is 5.02 Å². The van der Waals surface area contributed by atoms with Gasteiger partial charge in [-0.15, -0.1) is 5.10 Å². The molecular formula is C22H18ClN5O. The molecule has 4 aromatic rings. The number of hydrogen-bond acceptors (Lipinski definition) is 3. The number of rotatable bonds is 4. The maximum Gasteiger partial charge on any atom is 0.318 e. The predicted molar refractivity (Wildman–Crippen MR) is 111 cm³/mol. The Balaban J connectivity index is 1.68. The van der Waals surface area contributed by atoms with E-state index in [4.69, 9.17) is 11.6 Å². The van der Waals surface area contributed by atoms with Crippen molar-refractivity contribution in [2.45, 2.75) is 13.5 Å². The Morgan fingerprint density at radius 3 is 2.52 bits per heavy atom. The monoisotopic (exact) mass is 403 g/mol. The van der Waals surface area contributed by atoms with Crippen molar-refractivity contribution in [3.63, 3.8) is 0 Å². The molecule has 6 nitrogen and oxygen atoms in total. The van der Waals surface area contributed by atoms with Gasteiger partial charge in [0.1, 0.15) is 11.3 Å². The van der Waals surface area contributed by atoms with E-state index in [-0.39, 0.29) is 5.82 Å². The number of amides is 1. The van der Waals surface area contributed by atoms with Gasteiger partial charge in [-0.3, -0.25) is 4.79 Å². The van der Waals surface area contributed by atoms with Crippen LogP contribution in [0.1, 0.15) is 22.0 Å². The maximum atomic E-state index is 12.7. The number of pyridine rings is 1. The Hall–Kier alpha value is -3.51. The Morgan fingerprint density at radius 2 is 1.72 bits per heavy atom. The van der Waals surface area contributed by atoms with E-state index in [1.165, 1.54) is 0 Å². The molecule has 0 radical (unpaired) electrons. The number of para-hydroxylation sites is 1. The van der Waals surface area contributed by atoms with Gasteiger partial charge in [-0.2, -0.15) is 4.99 Å². The van der Waals surface area contributed by atoms with Crippen LogP contribution in [0.15, 0.2) is 84.0 Å². The molecule has 1 amide bonds. The fourth-order valence-corrected chi connectivity index (χ4v) is 3.18. The maximum absolute atomic E-state index is 12.7. The largest absolute Gasteiger partial charge is 0.328 e. The van der Waals surface area contributed by atoms with Crippen molar-refractivity contribution in [2.24, 2.45) is 4.99 Å². The zero-order valence-corrected chi connectivity index (χ0v) is 16.5. The van der Waals surface area contributed by atoms with Crippen LogP contribution < -0.4 is 5.49 Å². The van der Waals surface area contributed by atoms with Gasteiger partial charge in [0.25, 0.3) is 0 Å². The standard InChI is InChI=1S/C22H18ClN5O/c1-16-24-21(26-28(16)19-12-6-5-11-18(19)23)22(29)25-20-13-7-8-14-27(20)15-17-9-3-2-4-10-17/h2-14H,15H2,1H3. The summed E-state index contributed by atoms with van der Waals surface area (Å²) in [5.74, 6) is 0.0753. The number of nitrogens with zero attached hydrogens (tertiary/aromatic N) is 5. The second-order valence-corrected chi connectivity index (χ2v) is 6.84. The van der Waals surface area contributed by atoms with Crippen molar-refractivity contribution < 1.29 is 4.79 Å². The third-order valence-electron chi connectivity index (χ3n) is 4.37. The van der Waals surface area contributed by atoms with Crippen molar-refractivity contribution in [1.82, 2.24) is 19.3 Å². The van der Waals surface area contributed by atoms with Crippen LogP contribution in [0.3, 0.4) is 0 Å². The zero-order valence-electron chi connectivity index (χ0n) is 15.7. The van der Waals surface area contributed by atoms with Gasteiger partial charge in [-0.1, -0.05) is 60.1 Å². The minimum absolute atomic E-state index is 0.0255. The second-order valence-electron chi connectivity index (χ2n) is 6.44. The molecule has 0 aliphatic heterocycles. The summed E-state index contributed by atoms with van der Waals surface area (Å²) in [7, 11) is 0. The van der Waals surface area contributed by atoms with Crippen molar-refractivity contribution in [2.75, 3.05) is 0 Å². The molecule has 29 heavy (non-hydrogen) atoms. The molecule has 0 fully saturated rings. The Kier molecular flexibility index (Phi) is 5.35. The molecule has 0 unspecified atom stereocenters. The Labute approximate surface area is 172 Å². The number of aromatic nitrogens is 4. The average molecular weight is 404 g/mol. The summed E-state index contributed by atoms with van der Waals surface area (Å²) in [5.41, 5.74) is 2.31. The average Bonchev–Trinajstić information content (AvgIpc) is 3.12. The lowest BCUT2D eigenvalue weighted by molar-refractivity contribution is 0.0987. The van der Waals surface area contributed by atoms with Crippen LogP contribution in [-0.2, 0) is 6.54 Å². The number of carbonyl (C=O) groups excluding carboxylic acids is 1. The van der Waals surface area contributed by atoms with Crippen LogP contribution in [0.5, 0.6) is 0 Å². The highest BCUT2D eigenvalue weighted by molar-refractivity contribution is 6.32. The molecule has 2 aromatic heterocycles. The first-order valence-corrected chi connectivity index (χ1v) is 9.46. The summed E-state index contributed by atoms with van der Waals surface area (Å²) in [6, 6.07) is 22.8. The van der Waals surface area contributed by atoms with Crippen molar-refractivity contribution >= 4 is 17.5 Å². The summed E-state index contributed by atoms with van der Waals surface area (Å²) in [4.78, 5) is 21.3. The number of hydrogen-bond donors (Lipinski definition) is 0. The zero-order chi connectivity index (χ0) is 20.2. The highest BCUT2D eigenvalue weighted by Gasteiger charge is 2.16. The van der Waals surface area contributed by atoms with Crippen molar-refractivity contribution in [3.05, 3.63) is 107 Å². The molecule has 4 rings (SSSR count). The summed E-state index contributed by atoms with van der Waals surface area (Å²) in [6.07, 6.45) is 1.89. The van der Waals surface area contributed by atoms with Gasteiger partial charge in [0.2, 0.25) is 5.82 Å². The third kappa shape index (κ3) is 4.17. The van der Waals surface area contributed by atoms with Crippen LogP contribution >= 0.6 is 11.6 Å². The molecule has 2 heterocycles. The van der Waals surface area contributed by atoms with Gasteiger partial charge < -0.3 is 4.57 Å². The molecule has 0 aliphatic carbocycles. The van der Waals surface area contributed by atoms with Crippen LogP contribution in [-0.4, -0.2) is 25.2 Å². The third-order valence-corrected chi connectivity index (χ3v) is 4.69. The van der Waals surface area contributed by atoms with E-state index in [0.717, 1.165) is 5.56 Å². The lowest BCUT2D eigenvalue weighted by Crippen LogP contribution is -2.22. The normalized spacial score (nSPS) is 11.6. The smallest absolute Gasteiger partial charge is 0.318 e. The van der Waals surface area contributed by atoms with Crippen molar-refractivity contribution in [3.8, 4) is 5.69 Å². The van der Waals surface area contributed by atoms with E-state index in [2.05, 4.69) is 15.1 Å². The van der Waals surface area contributed by atoms with E-state index in [1.54, 1.807) is 23.7 Å². The molecule has 0 saturated carbocycles. The van der Waals surface area contributed by atoms with E-state index < -0.39 is 5.91 Å². The fraction of sp³-hybridized carbons (Fsp3) is 0.0909. The summed E-state index contributed by atoms with van der Waals surface area (Å²) in [5, 5.41) is 4.85. The first-order valence-electron chi connectivity index (χ1n) is 9.09. The lowest BCUT2D eigenvalue weighted by Gasteiger charge is -2.07. The fourth-order valence-electron chi connectivity index (χ4n) is 2.97. The van der Waals surface area contributed by atoms with E-state index in [9.17, 15) is 4.79 Å². The quantitative estimate of drug-likeness (QED) is 0.520. The molecule has 0 N–H and O–H groups in total. The molecule has 0 saturated heterocycles. The SMILES string of the molecule is Cc1nc(C(=O)N=c2ccccn2Cc2ccccc2)nn1-c1ccccc1Cl. The second kappa shape index (κ2) is 8.24.